The SMILES string of the molecule is CNc1cc([N+](=O)[O-])ccc1S(=O)(=O)NC(C)CC(N)=O. The molecule has 0 aliphatic rings. The number of hydrogen-bond acceptors (Lipinski definition) is 6. The van der Waals surface area contributed by atoms with E-state index in [0.717, 1.165) is 18.2 Å². The van der Waals surface area contributed by atoms with Crippen molar-refractivity contribution in [3.8, 4) is 0 Å². The van der Waals surface area contributed by atoms with Crippen molar-refractivity contribution in [2.45, 2.75) is 24.3 Å². The lowest BCUT2D eigenvalue weighted by Crippen LogP contribution is -2.36. The Labute approximate surface area is 121 Å². The number of anilines is 1. The van der Waals surface area contributed by atoms with Gasteiger partial charge >= 0.3 is 0 Å². The molecule has 0 heterocycles. The zero-order chi connectivity index (χ0) is 16.2. The number of nitrogens with two attached hydrogens (primary N) is 1. The van der Waals surface area contributed by atoms with Crippen LogP contribution in [0.25, 0.3) is 0 Å². The van der Waals surface area contributed by atoms with Crippen LogP contribution in [0.15, 0.2) is 23.1 Å². The molecule has 1 aromatic rings. The lowest BCUT2D eigenvalue weighted by atomic mass is 10.2. The van der Waals surface area contributed by atoms with Gasteiger partial charge in [-0.15, -0.1) is 0 Å². The van der Waals surface area contributed by atoms with Crippen molar-refractivity contribution >= 4 is 27.3 Å². The number of carbonyl (C=O) groups is 1. The van der Waals surface area contributed by atoms with Gasteiger partial charge in [-0.05, 0) is 13.0 Å². The van der Waals surface area contributed by atoms with Crippen molar-refractivity contribution in [1.29, 1.82) is 0 Å². The van der Waals surface area contributed by atoms with Crippen LogP contribution in [0.4, 0.5) is 11.4 Å². The fourth-order valence-electron chi connectivity index (χ4n) is 1.73. The van der Waals surface area contributed by atoms with Crippen molar-refractivity contribution in [1.82, 2.24) is 4.72 Å². The molecular formula is C11H16N4O5S. The number of primary amides is 1. The van der Waals surface area contributed by atoms with E-state index in [1.165, 1.54) is 14.0 Å². The maximum atomic E-state index is 12.2. The molecule has 1 rings (SSSR count). The molecule has 0 saturated carbocycles. The zero-order valence-electron chi connectivity index (χ0n) is 11.5. The summed E-state index contributed by atoms with van der Waals surface area (Å²) in [5.74, 6) is -0.636. The number of nitro benzene ring substituents is 1. The number of amides is 1. The van der Waals surface area contributed by atoms with E-state index >= 15 is 0 Å². The Morgan fingerprint density at radius 2 is 2.10 bits per heavy atom. The van der Waals surface area contributed by atoms with Gasteiger partial charge in [0.05, 0.1) is 10.6 Å². The molecule has 0 saturated heterocycles. The second-order valence-corrected chi connectivity index (χ2v) is 6.06. The van der Waals surface area contributed by atoms with Crippen LogP contribution >= 0.6 is 0 Å². The monoisotopic (exact) mass is 316 g/mol. The van der Waals surface area contributed by atoms with Gasteiger partial charge in [-0.2, -0.15) is 0 Å². The topological polar surface area (TPSA) is 144 Å². The first kappa shape index (κ1) is 16.9. The highest BCUT2D eigenvalue weighted by molar-refractivity contribution is 7.89. The van der Waals surface area contributed by atoms with Gasteiger partial charge in [-0.3, -0.25) is 14.9 Å². The first-order valence-corrected chi connectivity index (χ1v) is 7.42. The maximum absolute atomic E-state index is 12.2. The first-order chi connectivity index (χ1) is 9.67. The van der Waals surface area contributed by atoms with Crippen LogP contribution in [0.3, 0.4) is 0 Å². The molecular weight excluding hydrogens is 300 g/mol. The Morgan fingerprint density at radius 3 is 2.57 bits per heavy atom. The van der Waals surface area contributed by atoms with Gasteiger partial charge in [0.25, 0.3) is 5.69 Å². The lowest BCUT2D eigenvalue weighted by Gasteiger charge is -2.15. The van der Waals surface area contributed by atoms with Crippen LogP contribution in [0.5, 0.6) is 0 Å². The summed E-state index contributed by atoms with van der Waals surface area (Å²) in [5.41, 5.74) is 4.85. The number of hydrogen-bond donors (Lipinski definition) is 3. The molecule has 0 bridgehead atoms. The van der Waals surface area contributed by atoms with Crippen molar-refractivity contribution in [3.63, 3.8) is 0 Å². The van der Waals surface area contributed by atoms with Crippen molar-refractivity contribution in [2.24, 2.45) is 5.73 Å². The standard InChI is InChI=1S/C11H16N4O5S/c1-7(5-11(12)16)14-21(19,20)10-4-3-8(15(17)18)6-9(10)13-2/h3-4,6-7,13-14H,5H2,1-2H3,(H2,12,16). The Bertz CT molecular complexity index is 659. The largest absolute Gasteiger partial charge is 0.387 e. The van der Waals surface area contributed by atoms with Gasteiger partial charge < -0.3 is 11.1 Å². The van der Waals surface area contributed by atoms with E-state index in [9.17, 15) is 23.3 Å². The van der Waals surface area contributed by atoms with Gasteiger partial charge in [0.15, 0.2) is 0 Å². The summed E-state index contributed by atoms with van der Waals surface area (Å²) in [4.78, 5) is 20.7. The molecule has 0 aromatic heterocycles. The van der Waals surface area contributed by atoms with Crippen LogP contribution < -0.4 is 15.8 Å². The summed E-state index contributed by atoms with van der Waals surface area (Å²) in [6.07, 6.45) is -0.152. The van der Waals surface area contributed by atoms with Crippen molar-refractivity contribution < 1.29 is 18.1 Å². The average molecular weight is 316 g/mol. The fraction of sp³-hybridized carbons (Fsp3) is 0.364. The van der Waals surface area contributed by atoms with E-state index in [1.807, 2.05) is 0 Å². The van der Waals surface area contributed by atoms with Gasteiger partial charge in [0, 0.05) is 31.6 Å². The Hall–Kier alpha value is -2.20. The minimum absolute atomic E-state index is 0.0861. The minimum Gasteiger partial charge on any atom is -0.387 e. The molecule has 0 spiro atoms. The van der Waals surface area contributed by atoms with E-state index < -0.39 is 26.9 Å². The number of non-ortho nitro benzene ring substituents is 1. The number of nitrogens with zero attached hydrogens (tertiary/aromatic N) is 1. The van der Waals surface area contributed by atoms with Crippen LogP contribution in [0.2, 0.25) is 0 Å². The summed E-state index contributed by atoms with van der Waals surface area (Å²) in [7, 11) is -2.48. The molecule has 0 aliphatic heterocycles. The van der Waals surface area contributed by atoms with Crippen LogP contribution in [-0.4, -0.2) is 32.3 Å². The highest BCUT2D eigenvalue weighted by Gasteiger charge is 2.23. The molecule has 1 atom stereocenters. The Morgan fingerprint density at radius 1 is 1.48 bits per heavy atom. The lowest BCUT2D eigenvalue weighted by molar-refractivity contribution is -0.384. The highest BCUT2D eigenvalue weighted by atomic mass is 32.2. The number of rotatable bonds is 7. The third-order valence-electron chi connectivity index (χ3n) is 2.60. The predicted molar refractivity (Wildman–Crippen MR) is 76.2 cm³/mol. The third kappa shape index (κ3) is 4.39. The summed E-state index contributed by atoms with van der Waals surface area (Å²) >= 11 is 0. The predicted octanol–water partition coefficient (Wildman–Crippen LogP) is 0.179. The smallest absolute Gasteiger partial charge is 0.271 e. The Kier molecular flexibility index (Phi) is 5.22. The van der Waals surface area contributed by atoms with E-state index in [-0.39, 0.29) is 22.7 Å². The Balaban J connectivity index is 3.13. The van der Waals surface area contributed by atoms with Gasteiger partial charge in [0.1, 0.15) is 4.90 Å². The van der Waals surface area contributed by atoms with Gasteiger partial charge in [-0.1, -0.05) is 0 Å². The summed E-state index contributed by atoms with van der Waals surface area (Å²) in [6.45, 7) is 1.49. The molecule has 0 fully saturated rings. The van der Waals surface area contributed by atoms with Crippen molar-refractivity contribution in [2.75, 3.05) is 12.4 Å². The summed E-state index contributed by atoms with van der Waals surface area (Å²) < 4.78 is 26.7. The maximum Gasteiger partial charge on any atom is 0.271 e. The number of nitrogens with one attached hydrogen (secondary N) is 2. The highest BCUT2D eigenvalue weighted by Crippen LogP contribution is 2.26. The van der Waals surface area contributed by atoms with E-state index in [1.54, 1.807) is 0 Å². The van der Waals surface area contributed by atoms with Crippen LogP contribution in [-0.2, 0) is 14.8 Å². The van der Waals surface area contributed by atoms with E-state index in [0.29, 0.717) is 0 Å². The first-order valence-electron chi connectivity index (χ1n) is 5.94. The van der Waals surface area contributed by atoms with Crippen LogP contribution in [0.1, 0.15) is 13.3 Å². The van der Waals surface area contributed by atoms with Crippen molar-refractivity contribution in [3.05, 3.63) is 28.3 Å². The molecule has 4 N–H and O–H groups in total. The number of carbonyl (C=O) groups excluding carboxylic acids is 1. The quantitative estimate of drug-likeness (QED) is 0.483. The average Bonchev–Trinajstić information content (AvgIpc) is 2.35. The second kappa shape index (κ2) is 6.50. The molecule has 116 valence electrons. The molecule has 1 aromatic carbocycles. The molecule has 10 heteroatoms. The number of nitro groups is 1. The molecule has 0 aliphatic carbocycles. The summed E-state index contributed by atoms with van der Waals surface area (Å²) in [6, 6.07) is 2.65. The molecule has 9 nitrogen and oxygen atoms in total. The fourth-order valence-corrected chi connectivity index (χ4v) is 3.17. The summed E-state index contributed by atoms with van der Waals surface area (Å²) in [5, 5.41) is 13.3. The molecule has 21 heavy (non-hydrogen) atoms. The second-order valence-electron chi connectivity index (χ2n) is 4.38. The van der Waals surface area contributed by atoms with E-state index in [2.05, 4.69) is 10.0 Å². The zero-order valence-corrected chi connectivity index (χ0v) is 12.3. The number of benzene rings is 1. The minimum atomic E-state index is -3.93. The van der Waals surface area contributed by atoms with E-state index in [4.69, 9.17) is 5.73 Å². The molecule has 1 amide bonds. The normalized spacial score (nSPS) is 12.7. The van der Waals surface area contributed by atoms with Gasteiger partial charge in [0.2, 0.25) is 15.9 Å². The molecule has 0 radical (unpaired) electrons. The third-order valence-corrected chi connectivity index (χ3v) is 4.24. The number of sulfonamides is 1. The van der Waals surface area contributed by atoms with Gasteiger partial charge in [-0.25, -0.2) is 13.1 Å². The van der Waals surface area contributed by atoms with Crippen LogP contribution in [0, 0.1) is 10.1 Å². The molecule has 1 unspecified atom stereocenters.